The molecule has 1 aromatic rings. The molecule has 1 saturated heterocycles. The number of ether oxygens (including phenoxy) is 2. The molecule has 0 spiro atoms. The number of hydrogen-bond acceptors (Lipinski definition) is 8. The minimum Gasteiger partial charge on any atom is -0.465 e. The minimum absolute atomic E-state index is 0.00145. The number of sulfone groups is 1. The molecule has 1 heterocycles. The summed E-state index contributed by atoms with van der Waals surface area (Å²) in [5, 5.41) is 0. The molecule has 1 fully saturated rings. The SMILES string of the molecule is COC(=O)c1ccc(N2CCC(C(=O)OC(C)(C)C)CC2N)c(S(C)(=O)=O)c1. The maximum absolute atomic E-state index is 12.3. The van der Waals surface area contributed by atoms with Crippen molar-refractivity contribution in [3.8, 4) is 0 Å². The predicted molar refractivity (Wildman–Crippen MR) is 105 cm³/mol. The minimum atomic E-state index is -3.62. The average molecular weight is 413 g/mol. The number of carbonyl (C=O) groups excluding carboxylic acids is 2. The van der Waals surface area contributed by atoms with Crippen molar-refractivity contribution in [3.63, 3.8) is 0 Å². The van der Waals surface area contributed by atoms with Crippen LogP contribution >= 0.6 is 0 Å². The Balaban J connectivity index is 2.29. The highest BCUT2D eigenvalue weighted by atomic mass is 32.2. The van der Waals surface area contributed by atoms with E-state index in [-0.39, 0.29) is 22.3 Å². The fourth-order valence-corrected chi connectivity index (χ4v) is 4.10. The number of hydrogen-bond donors (Lipinski definition) is 1. The third kappa shape index (κ3) is 5.23. The Hall–Kier alpha value is -2.13. The second kappa shape index (κ2) is 8.08. The number of esters is 2. The van der Waals surface area contributed by atoms with E-state index in [1.165, 1.54) is 19.2 Å². The van der Waals surface area contributed by atoms with Gasteiger partial charge in [-0.1, -0.05) is 0 Å². The van der Waals surface area contributed by atoms with Crippen LogP contribution in [0.3, 0.4) is 0 Å². The zero-order valence-electron chi connectivity index (χ0n) is 16.9. The lowest BCUT2D eigenvalue weighted by molar-refractivity contribution is -0.161. The molecule has 0 radical (unpaired) electrons. The summed E-state index contributed by atoms with van der Waals surface area (Å²) in [6.07, 6.45) is 1.35. The number of piperidine rings is 1. The molecule has 156 valence electrons. The summed E-state index contributed by atoms with van der Waals surface area (Å²) in [5.41, 5.74) is 6.24. The molecule has 2 unspecified atom stereocenters. The zero-order valence-corrected chi connectivity index (χ0v) is 17.7. The summed E-state index contributed by atoms with van der Waals surface area (Å²) in [7, 11) is -2.39. The second-order valence-corrected chi connectivity index (χ2v) is 9.95. The topological polar surface area (TPSA) is 116 Å². The van der Waals surface area contributed by atoms with E-state index in [4.69, 9.17) is 10.5 Å². The molecule has 2 N–H and O–H groups in total. The third-order valence-electron chi connectivity index (χ3n) is 4.47. The zero-order chi connectivity index (χ0) is 21.3. The summed E-state index contributed by atoms with van der Waals surface area (Å²) in [5.74, 6) is -1.27. The maximum Gasteiger partial charge on any atom is 0.337 e. The molecule has 0 aromatic heterocycles. The Bertz CT molecular complexity index is 860. The number of anilines is 1. The molecule has 0 amide bonds. The molecule has 0 saturated carbocycles. The largest absolute Gasteiger partial charge is 0.465 e. The lowest BCUT2D eigenvalue weighted by atomic mass is 9.94. The molecular formula is C19H28N2O6S. The highest BCUT2D eigenvalue weighted by molar-refractivity contribution is 7.90. The third-order valence-corrected chi connectivity index (χ3v) is 5.60. The number of carbonyl (C=O) groups is 2. The van der Waals surface area contributed by atoms with Crippen molar-refractivity contribution in [1.82, 2.24) is 0 Å². The summed E-state index contributed by atoms with van der Waals surface area (Å²) in [4.78, 5) is 25.9. The van der Waals surface area contributed by atoms with Crippen molar-refractivity contribution in [3.05, 3.63) is 23.8 Å². The molecule has 1 aliphatic rings. The summed E-state index contributed by atoms with van der Waals surface area (Å²) >= 11 is 0. The van der Waals surface area contributed by atoms with Gasteiger partial charge in [0.05, 0.1) is 35.3 Å². The standard InChI is InChI=1S/C19H28N2O6S/c1-19(2,3)27-18(23)13-8-9-21(16(20)11-13)14-7-6-12(17(22)26-4)10-15(14)28(5,24)25/h6-7,10,13,16H,8-9,11,20H2,1-5H3. The number of rotatable bonds is 4. The van der Waals surface area contributed by atoms with Crippen molar-refractivity contribution >= 4 is 27.5 Å². The van der Waals surface area contributed by atoms with Gasteiger partial charge in [-0.3, -0.25) is 4.79 Å². The van der Waals surface area contributed by atoms with Gasteiger partial charge in [-0.2, -0.15) is 0 Å². The maximum atomic E-state index is 12.3. The molecule has 1 aromatic carbocycles. The van der Waals surface area contributed by atoms with E-state index in [1.807, 2.05) is 0 Å². The van der Waals surface area contributed by atoms with Crippen LogP contribution in [0.25, 0.3) is 0 Å². The van der Waals surface area contributed by atoms with Gasteiger partial charge in [0.2, 0.25) is 0 Å². The number of nitrogens with zero attached hydrogens (tertiary/aromatic N) is 1. The van der Waals surface area contributed by atoms with Gasteiger partial charge in [-0.15, -0.1) is 0 Å². The molecule has 1 aliphatic heterocycles. The molecule has 2 atom stereocenters. The average Bonchev–Trinajstić information content (AvgIpc) is 2.58. The van der Waals surface area contributed by atoms with Gasteiger partial charge >= 0.3 is 11.9 Å². The Morgan fingerprint density at radius 3 is 2.39 bits per heavy atom. The Morgan fingerprint density at radius 2 is 1.89 bits per heavy atom. The van der Waals surface area contributed by atoms with Gasteiger partial charge in [0, 0.05) is 12.8 Å². The van der Waals surface area contributed by atoms with E-state index >= 15 is 0 Å². The van der Waals surface area contributed by atoms with Crippen molar-refractivity contribution in [1.29, 1.82) is 0 Å². The molecule has 0 bridgehead atoms. The lowest BCUT2D eigenvalue weighted by Gasteiger charge is -2.39. The van der Waals surface area contributed by atoms with E-state index in [9.17, 15) is 18.0 Å². The van der Waals surface area contributed by atoms with E-state index in [1.54, 1.807) is 31.7 Å². The van der Waals surface area contributed by atoms with Crippen LogP contribution in [0.15, 0.2) is 23.1 Å². The first-order valence-corrected chi connectivity index (χ1v) is 10.9. The molecule has 9 heteroatoms. The number of methoxy groups -OCH3 is 1. The van der Waals surface area contributed by atoms with E-state index in [2.05, 4.69) is 4.74 Å². The van der Waals surface area contributed by atoms with E-state index < -0.39 is 27.6 Å². The Kier molecular flexibility index (Phi) is 6.40. The molecule has 0 aliphatic carbocycles. The van der Waals surface area contributed by atoms with Crippen molar-refractivity contribution in [2.24, 2.45) is 11.7 Å². The number of nitrogens with two attached hydrogens (primary N) is 1. The lowest BCUT2D eigenvalue weighted by Crippen LogP contribution is -2.50. The van der Waals surface area contributed by atoms with Gasteiger partial charge in [-0.25, -0.2) is 13.2 Å². The first kappa shape index (κ1) is 22.2. The Morgan fingerprint density at radius 1 is 1.25 bits per heavy atom. The van der Waals surface area contributed by atoms with Crippen LogP contribution in [0.2, 0.25) is 0 Å². The van der Waals surface area contributed by atoms with Crippen LogP contribution in [-0.2, 0) is 24.1 Å². The fourth-order valence-electron chi connectivity index (χ4n) is 3.19. The van der Waals surface area contributed by atoms with Gasteiger partial charge in [-0.05, 0) is 51.8 Å². The van der Waals surface area contributed by atoms with Crippen molar-refractivity contribution in [2.75, 3.05) is 24.8 Å². The molecular weight excluding hydrogens is 384 g/mol. The van der Waals surface area contributed by atoms with Crippen LogP contribution in [0.1, 0.15) is 44.0 Å². The van der Waals surface area contributed by atoms with Crippen LogP contribution in [0.5, 0.6) is 0 Å². The van der Waals surface area contributed by atoms with Crippen molar-refractivity contribution < 1.29 is 27.5 Å². The first-order chi connectivity index (χ1) is 12.8. The van der Waals surface area contributed by atoms with Gasteiger partial charge < -0.3 is 20.1 Å². The van der Waals surface area contributed by atoms with Crippen LogP contribution < -0.4 is 10.6 Å². The highest BCUT2D eigenvalue weighted by Gasteiger charge is 2.35. The normalized spacial score (nSPS) is 20.6. The van der Waals surface area contributed by atoms with Gasteiger partial charge in [0.15, 0.2) is 9.84 Å². The number of benzene rings is 1. The summed E-state index contributed by atoms with van der Waals surface area (Å²) < 4.78 is 34.7. The summed E-state index contributed by atoms with van der Waals surface area (Å²) in [6, 6.07) is 4.35. The Labute approximate surface area is 165 Å². The van der Waals surface area contributed by atoms with Gasteiger partial charge in [0.25, 0.3) is 0 Å². The van der Waals surface area contributed by atoms with Crippen LogP contribution in [0.4, 0.5) is 5.69 Å². The summed E-state index contributed by atoms with van der Waals surface area (Å²) in [6.45, 7) is 5.81. The first-order valence-electron chi connectivity index (χ1n) is 9.01. The van der Waals surface area contributed by atoms with Gasteiger partial charge in [0.1, 0.15) is 5.60 Å². The smallest absolute Gasteiger partial charge is 0.337 e. The molecule has 28 heavy (non-hydrogen) atoms. The van der Waals surface area contributed by atoms with E-state index in [0.29, 0.717) is 25.1 Å². The van der Waals surface area contributed by atoms with Crippen molar-refractivity contribution in [2.45, 2.75) is 50.3 Å². The van der Waals surface area contributed by atoms with Crippen LogP contribution in [0, 0.1) is 5.92 Å². The molecule has 2 rings (SSSR count). The fraction of sp³-hybridized carbons (Fsp3) is 0.579. The quantitative estimate of drug-likeness (QED) is 0.743. The monoisotopic (exact) mass is 412 g/mol. The molecule has 8 nitrogen and oxygen atoms in total. The van der Waals surface area contributed by atoms with Crippen LogP contribution in [-0.4, -0.2) is 52.0 Å². The highest BCUT2D eigenvalue weighted by Crippen LogP contribution is 2.33. The van der Waals surface area contributed by atoms with E-state index in [0.717, 1.165) is 6.26 Å². The second-order valence-electron chi connectivity index (χ2n) is 7.96. The predicted octanol–water partition coefficient (Wildman–Crippen LogP) is 1.72.